The first-order valence-electron chi connectivity index (χ1n) is 9.89. The molecule has 158 valence electrons. The number of carbonyl (C=O) groups is 3. The van der Waals surface area contributed by atoms with E-state index in [1.807, 2.05) is 32.9 Å². The second-order valence-electron chi connectivity index (χ2n) is 7.52. The van der Waals surface area contributed by atoms with Gasteiger partial charge in [-0.3, -0.25) is 9.59 Å². The predicted molar refractivity (Wildman–Crippen MR) is 113 cm³/mol. The smallest absolute Gasteiger partial charge is 0.344 e. The molecule has 2 aromatic rings. The van der Waals surface area contributed by atoms with Crippen LogP contribution >= 0.6 is 0 Å². The highest BCUT2D eigenvalue weighted by atomic mass is 16.6. The van der Waals surface area contributed by atoms with Crippen LogP contribution in [0.25, 0.3) is 0 Å². The molecular formula is C23H26N2O5. The van der Waals surface area contributed by atoms with E-state index in [-0.39, 0.29) is 18.6 Å². The first kappa shape index (κ1) is 21.4. The fourth-order valence-corrected chi connectivity index (χ4v) is 3.18. The third-order valence-electron chi connectivity index (χ3n) is 4.66. The lowest BCUT2D eigenvalue weighted by atomic mass is 10.1. The average molecular weight is 410 g/mol. The summed E-state index contributed by atoms with van der Waals surface area (Å²) in [5.41, 5.74) is 3.72. The third kappa shape index (κ3) is 5.83. The Morgan fingerprint density at radius 1 is 1.00 bits per heavy atom. The second kappa shape index (κ2) is 9.43. The largest absolute Gasteiger partial charge is 0.481 e. The van der Waals surface area contributed by atoms with Crippen molar-refractivity contribution in [1.29, 1.82) is 0 Å². The van der Waals surface area contributed by atoms with Gasteiger partial charge in [0.25, 0.3) is 11.8 Å². The number of para-hydroxylation sites is 1. The van der Waals surface area contributed by atoms with Gasteiger partial charge < -0.3 is 20.1 Å². The standard InChI is InChI=1S/C23H26N2O5/c1-14-10-15(2)22(16(3)11-14)30-13-21(27)29-12-20(26)25-19-7-5-4-6-18(19)23(28)24-17-8-9-17/h4-7,10-11,17H,8-9,12-13H2,1-3H3,(H,24,28)(H,25,26). The SMILES string of the molecule is Cc1cc(C)c(OCC(=O)OCC(=O)Nc2ccccc2C(=O)NC2CC2)c(C)c1. The zero-order valence-corrected chi connectivity index (χ0v) is 17.4. The number of hydrogen-bond donors (Lipinski definition) is 2. The molecule has 0 saturated heterocycles. The van der Waals surface area contributed by atoms with E-state index in [0.29, 0.717) is 17.0 Å². The van der Waals surface area contributed by atoms with Gasteiger partial charge in [0.15, 0.2) is 13.2 Å². The monoisotopic (exact) mass is 410 g/mol. The van der Waals surface area contributed by atoms with E-state index in [1.165, 1.54) is 0 Å². The van der Waals surface area contributed by atoms with Crippen molar-refractivity contribution in [2.45, 2.75) is 39.7 Å². The molecule has 2 aromatic carbocycles. The van der Waals surface area contributed by atoms with E-state index in [2.05, 4.69) is 10.6 Å². The molecule has 0 radical (unpaired) electrons. The Hall–Kier alpha value is -3.35. The summed E-state index contributed by atoms with van der Waals surface area (Å²) >= 11 is 0. The van der Waals surface area contributed by atoms with Gasteiger partial charge in [-0.1, -0.05) is 29.8 Å². The lowest BCUT2D eigenvalue weighted by Crippen LogP contribution is -2.28. The van der Waals surface area contributed by atoms with Gasteiger partial charge in [0.2, 0.25) is 0 Å². The highest BCUT2D eigenvalue weighted by molar-refractivity contribution is 6.04. The number of benzene rings is 2. The summed E-state index contributed by atoms with van der Waals surface area (Å²) in [4.78, 5) is 36.5. The summed E-state index contributed by atoms with van der Waals surface area (Å²) in [6.07, 6.45) is 1.94. The van der Waals surface area contributed by atoms with E-state index >= 15 is 0 Å². The van der Waals surface area contributed by atoms with Crippen LogP contribution in [-0.2, 0) is 14.3 Å². The maximum atomic E-state index is 12.3. The van der Waals surface area contributed by atoms with Crippen molar-refractivity contribution in [2.24, 2.45) is 0 Å². The molecule has 2 N–H and O–H groups in total. The Labute approximate surface area is 175 Å². The van der Waals surface area contributed by atoms with Crippen molar-refractivity contribution < 1.29 is 23.9 Å². The van der Waals surface area contributed by atoms with Crippen molar-refractivity contribution in [3.05, 3.63) is 58.7 Å². The molecule has 0 unspecified atom stereocenters. The van der Waals surface area contributed by atoms with Gasteiger partial charge in [-0.25, -0.2) is 4.79 Å². The molecule has 1 aliphatic carbocycles. The van der Waals surface area contributed by atoms with Crippen LogP contribution in [0.3, 0.4) is 0 Å². The van der Waals surface area contributed by atoms with E-state index in [0.717, 1.165) is 29.5 Å². The minimum absolute atomic E-state index is 0.211. The van der Waals surface area contributed by atoms with E-state index < -0.39 is 18.5 Å². The molecule has 1 fully saturated rings. The molecule has 0 spiro atoms. The van der Waals surface area contributed by atoms with Crippen molar-refractivity contribution in [3.63, 3.8) is 0 Å². The highest BCUT2D eigenvalue weighted by Crippen LogP contribution is 2.24. The summed E-state index contributed by atoms with van der Waals surface area (Å²) in [5.74, 6) is -0.776. The minimum Gasteiger partial charge on any atom is -0.481 e. The number of aryl methyl sites for hydroxylation is 3. The minimum atomic E-state index is -0.649. The van der Waals surface area contributed by atoms with Gasteiger partial charge in [-0.05, 0) is 56.9 Å². The van der Waals surface area contributed by atoms with Crippen LogP contribution in [-0.4, -0.2) is 37.0 Å². The molecule has 7 heteroatoms. The third-order valence-corrected chi connectivity index (χ3v) is 4.66. The zero-order valence-electron chi connectivity index (χ0n) is 17.4. The van der Waals surface area contributed by atoms with Gasteiger partial charge in [-0.2, -0.15) is 0 Å². The molecule has 0 heterocycles. The second-order valence-corrected chi connectivity index (χ2v) is 7.52. The normalized spacial score (nSPS) is 12.8. The summed E-state index contributed by atoms with van der Waals surface area (Å²) in [7, 11) is 0. The maximum Gasteiger partial charge on any atom is 0.344 e. The first-order valence-corrected chi connectivity index (χ1v) is 9.89. The topological polar surface area (TPSA) is 93.7 Å². The Morgan fingerprint density at radius 2 is 1.67 bits per heavy atom. The van der Waals surface area contributed by atoms with Gasteiger partial charge in [0.05, 0.1) is 11.3 Å². The van der Waals surface area contributed by atoms with Crippen molar-refractivity contribution in [1.82, 2.24) is 5.32 Å². The number of esters is 1. The summed E-state index contributed by atoms with van der Waals surface area (Å²) < 4.78 is 10.6. The molecule has 1 aliphatic rings. The Balaban J connectivity index is 1.49. The lowest BCUT2D eigenvalue weighted by Gasteiger charge is -2.13. The maximum absolute atomic E-state index is 12.3. The number of rotatable bonds is 8. The number of nitrogens with one attached hydrogen (secondary N) is 2. The Bertz CT molecular complexity index is 943. The quantitative estimate of drug-likeness (QED) is 0.653. The van der Waals surface area contributed by atoms with Gasteiger partial charge >= 0.3 is 5.97 Å². The molecule has 0 bridgehead atoms. The molecule has 0 aromatic heterocycles. The summed E-state index contributed by atoms with van der Waals surface area (Å²) in [5, 5.41) is 5.51. The Kier molecular flexibility index (Phi) is 6.72. The number of carbonyl (C=O) groups excluding carboxylic acids is 3. The highest BCUT2D eigenvalue weighted by Gasteiger charge is 2.25. The van der Waals surface area contributed by atoms with Gasteiger partial charge in [-0.15, -0.1) is 0 Å². The molecule has 1 saturated carbocycles. The first-order chi connectivity index (χ1) is 14.3. The molecule has 0 atom stereocenters. The van der Waals surface area contributed by atoms with Gasteiger partial charge in [0.1, 0.15) is 5.75 Å². The Morgan fingerprint density at radius 3 is 2.33 bits per heavy atom. The molecular weight excluding hydrogens is 384 g/mol. The number of ether oxygens (including phenoxy) is 2. The van der Waals surface area contributed by atoms with E-state index in [1.54, 1.807) is 24.3 Å². The number of hydrogen-bond acceptors (Lipinski definition) is 5. The molecule has 0 aliphatic heterocycles. The van der Waals surface area contributed by atoms with E-state index in [4.69, 9.17) is 9.47 Å². The zero-order chi connectivity index (χ0) is 21.7. The average Bonchev–Trinajstić information content (AvgIpc) is 3.50. The fourth-order valence-electron chi connectivity index (χ4n) is 3.18. The predicted octanol–water partition coefficient (Wildman–Crippen LogP) is 3.06. The molecule has 7 nitrogen and oxygen atoms in total. The van der Waals surface area contributed by atoms with Crippen molar-refractivity contribution in [2.75, 3.05) is 18.5 Å². The summed E-state index contributed by atoms with van der Waals surface area (Å²) in [6.45, 7) is 5.05. The van der Waals surface area contributed by atoms with Crippen molar-refractivity contribution in [3.8, 4) is 5.75 Å². The van der Waals surface area contributed by atoms with Crippen LogP contribution in [0.5, 0.6) is 5.75 Å². The number of anilines is 1. The van der Waals surface area contributed by atoms with E-state index in [9.17, 15) is 14.4 Å². The fraction of sp³-hybridized carbons (Fsp3) is 0.348. The number of amides is 2. The van der Waals surface area contributed by atoms with Crippen LogP contribution in [0.2, 0.25) is 0 Å². The van der Waals surface area contributed by atoms with Crippen LogP contribution in [0.15, 0.2) is 36.4 Å². The molecule has 2 amide bonds. The van der Waals surface area contributed by atoms with Crippen molar-refractivity contribution >= 4 is 23.5 Å². The molecule has 3 rings (SSSR count). The van der Waals surface area contributed by atoms with Crippen LogP contribution in [0.1, 0.15) is 39.9 Å². The van der Waals surface area contributed by atoms with Crippen LogP contribution in [0.4, 0.5) is 5.69 Å². The lowest BCUT2D eigenvalue weighted by molar-refractivity contribution is -0.149. The van der Waals surface area contributed by atoms with Gasteiger partial charge in [0, 0.05) is 6.04 Å². The van der Waals surface area contributed by atoms with Crippen LogP contribution < -0.4 is 15.4 Å². The molecule has 30 heavy (non-hydrogen) atoms. The van der Waals surface area contributed by atoms with Crippen LogP contribution in [0, 0.1) is 20.8 Å². The summed E-state index contributed by atoms with van der Waals surface area (Å²) in [6, 6.07) is 10.9.